The van der Waals surface area contributed by atoms with Crippen molar-refractivity contribution >= 4 is 16.9 Å². The number of carbonyl (C=O) groups excluding carboxylic acids is 1. The van der Waals surface area contributed by atoms with Gasteiger partial charge in [-0.15, -0.1) is 0 Å². The number of aryl methyl sites for hydroxylation is 2. The molecule has 3 aromatic rings. The van der Waals surface area contributed by atoms with Gasteiger partial charge in [0.05, 0.1) is 17.1 Å². The van der Waals surface area contributed by atoms with Crippen molar-refractivity contribution in [1.29, 1.82) is 0 Å². The fraction of sp³-hybridized carbons (Fsp3) is 0.300. The van der Waals surface area contributed by atoms with Gasteiger partial charge in [0.1, 0.15) is 5.82 Å². The van der Waals surface area contributed by atoms with E-state index >= 15 is 0 Å². The highest BCUT2D eigenvalue weighted by molar-refractivity contribution is 5.94. The van der Waals surface area contributed by atoms with Gasteiger partial charge in [0, 0.05) is 12.1 Å². The first-order chi connectivity index (χ1) is 11.6. The normalized spacial score (nSPS) is 12.3. The molecule has 0 aliphatic rings. The Kier molecular flexibility index (Phi) is 4.65. The Morgan fingerprint density at radius 3 is 2.75 bits per heavy atom. The molecule has 1 aromatic heterocycles. The van der Waals surface area contributed by atoms with Crippen LogP contribution in [0.3, 0.4) is 0 Å². The first-order valence-electron chi connectivity index (χ1n) is 8.43. The van der Waals surface area contributed by atoms with E-state index in [1.54, 1.807) is 0 Å². The van der Waals surface area contributed by atoms with Crippen molar-refractivity contribution < 1.29 is 4.79 Å². The fourth-order valence-electron chi connectivity index (χ4n) is 3.01. The number of aromatic nitrogens is 2. The third-order valence-electron chi connectivity index (χ3n) is 4.15. The molecule has 0 saturated carbocycles. The maximum Gasteiger partial charge on any atom is 0.251 e. The SMILES string of the molecule is CCCn1c([C@H](C)NC(=O)c2cccc(C)c2)nc2ccccc21. The monoisotopic (exact) mass is 321 g/mol. The van der Waals surface area contributed by atoms with E-state index in [-0.39, 0.29) is 11.9 Å². The topological polar surface area (TPSA) is 46.9 Å². The molecule has 3 rings (SSSR count). The zero-order valence-electron chi connectivity index (χ0n) is 14.4. The molecule has 124 valence electrons. The molecule has 4 nitrogen and oxygen atoms in total. The summed E-state index contributed by atoms with van der Waals surface area (Å²) < 4.78 is 2.20. The lowest BCUT2D eigenvalue weighted by Crippen LogP contribution is -2.28. The van der Waals surface area contributed by atoms with Gasteiger partial charge >= 0.3 is 0 Å². The van der Waals surface area contributed by atoms with Crippen molar-refractivity contribution in [2.75, 3.05) is 0 Å². The molecule has 0 fully saturated rings. The molecule has 4 heteroatoms. The molecule has 0 aliphatic carbocycles. The molecule has 0 bridgehead atoms. The summed E-state index contributed by atoms with van der Waals surface area (Å²) in [5.41, 5.74) is 3.84. The molecular weight excluding hydrogens is 298 g/mol. The zero-order chi connectivity index (χ0) is 17.1. The molecule has 24 heavy (non-hydrogen) atoms. The van der Waals surface area contributed by atoms with Crippen molar-refractivity contribution in [3.05, 3.63) is 65.5 Å². The van der Waals surface area contributed by atoms with E-state index in [9.17, 15) is 4.79 Å². The lowest BCUT2D eigenvalue weighted by molar-refractivity contribution is 0.0937. The maximum atomic E-state index is 12.5. The molecule has 0 unspecified atom stereocenters. The van der Waals surface area contributed by atoms with E-state index in [1.807, 2.05) is 56.3 Å². The average molecular weight is 321 g/mol. The smallest absolute Gasteiger partial charge is 0.251 e. The minimum Gasteiger partial charge on any atom is -0.342 e. The standard InChI is InChI=1S/C20H23N3O/c1-4-12-23-18-11-6-5-10-17(18)22-19(23)15(3)21-20(24)16-9-7-8-14(2)13-16/h5-11,13,15H,4,12H2,1-3H3,(H,21,24)/t15-/m0/s1. The van der Waals surface area contributed by atoms with Gasteiger partial charge in [0.2, 0.25) is 0 Å². The summed E-state index contributed by atoms with van der Waals surface area (Å²) in [5, 5.41) is 3.08. The molecule has 0 aliphatic heterocycles. The Hall–Kier alpha value is -2.62. The van der Waals surface area contributed by atoms with Gasteiger partial charge in [0.25, 0.3) is 5.91 Å². The molecule has 0 spiro atoms. The van der Waals surface area contributed by atoms with Crippen LogP contribution in [-0.4, -0.2) is 15.5 Å². The highest BCUT2D eigenvalue weighted by Crippen LogP contribution is 2.21. The molecule has 1 heterocycles. The highest BCUT2D eigenvalue weighted by Gasteiger charge is 2.18. The second kappa shape index (κ2) is 6.87. The second-order valence-electron chi connectivity index (χ2n) is 6.17. The molecule has 1 atom stereocenters. The first kappa shape index (κ1) is 16.2. The van der Waals surface area contributed by atoms with Crippen molar-refractivity contribution in [3.8, 4) is 0 Å². The molecule has 0 saturated heterocycles. The van der Waals surface area contributed by atoms with Crippen molar-refractivity contribution in [3.63, 3.8) is 0 Å². The Bertz CT molecular complexity index is 866. The van der Waals surface area contributed by atoms with E-state index in [2.05, 4.69) is 22.9 Å². The lowest BCUT2D eigenvalue weighted by atomic mass is 10.1. The zero-order valence-corrected chi connectivity index (χ0v) is 14.4. The van der Waals surface area contributed by atoms with Gasteiger partial charge in [-0.1, -0.05) is 36.8 Å². The molecule has 0 radical (unpaired) electrons. The average Bonchev–Trinajstić information content (AvgIpc) is 2.94. The molecule has 1 amide bonds. The van der Waals surface area contributed by atoms with E-state index in [1.165, 1.54) is 0 Å². The lowest BCUT2D eigenvalue weighted by Gasteiger charge is -2.16. The van der Waals surface area contributed by atoms with Gasteiger partial charge in [-0.05, 0) is 44.5 Å². The summed E-state index contributed by atoms with van der Waals surface area (Å²) >= 11 is 0. The summed E-state index contributed by atoms with van der Waals surface area (Å²) in [7, 11) is 0. The molecule has 1 N–H and O–H groups in total. The summed E-state index contributed by atoms with van der Waals surface area (Å²) in [6, 6.07) is 15.6. The van der Waals surface area contributed by atoms with Crippen LogP contribution in [0.25, 0.3) is 11.0 Å². The number of fused-ring (bicyclic) bond motifs is 1. The quantitative estimate of drug-likeness (QED) is 0.764. The van der Waals surface area contributed by atoms with Gasteiger partial charge in [0.15, 0.2) is 0 Å². The van der Waals surface area contributed by atoms with Crippen LogP contribution >= 0.6 is 0 Å². The summed E-state index contributed by atoms with van der Waals surface area (Å²) in [6.07, 6.45) is 1.02. The Morgan fingerprint density at radius 2 is 2.00 bits per heavy atom. The summed E-state index contributed by atoms with van der Waals surface area (Å²) in [5.74, 6) is 0.834. The first-order valence-corrected chi connectivity index (χ1v) is 8.43. The molecular formula is C20H23N3O. The largest absolute Gasteiger partial charge is 0.342 e. The van der Waals surface area contributed by atoms with Crippen LogP contribution in [0.15, 0.2) is 48.5 Å². The number of amides is 1. The number of imidazole rings is 1. The molecule has 2 aromatic carbocycles. The van der Waals surface area contributed by atoms with Crippen LogP contribution in [0.2, 0.25) is 0 Å². The Labute approximate surface area is 142 Å². The Morgan fingerprint density at radius 1 is 1.21 bits per heavy atom. The number of rotatable bonds is 5. The van der Waals surface area contributed by atoms with Crippen molar-refractivity contribution in [1.82, 2.24) is 14.9 Å². The van der Waals surface area contributed by atoms with Crippen molar-refractivity contribution in [2.24, 2.45) is 0 Å². The van der Waals surface area contributed by atoms with E-state index < -0.39 is 0 Å². The maximum absolute atomic E-state index is 12.5. The van der Waals surface area contributed by atoms with Gasteiger partial charge in [-0.2, -0.15) is 0 Å². The number of hydrogen-bond donors (Lipinski definition) is 1. The van der Waals surface area contributed by atoms with Crippen LogP contribution in [0, 0.1) is 6.92 Å². The summed E-state index contributed by atoms with van der Waals surface area (Å²) in [6.45, 7) is 7.01. The van der Waals surface area contributed by atoms with Crippen LogP contribution in [0.4, 0.5) is 0 Å². The number of nitrogens with one attached hydrogen (secondary N) is 1. The van der Waals surface area contributed by atoms with E-state index in [0.29, 0.717) is 5.56 Å². The van der Waals surface area contributed by atoms with Gasteiger partial charge in [-0.25, -0.2) is 4.98 Å². The van der Waals surface area contributed by atoms with Crippen molar-refractivity contribution in [2.45, 2.75) is 39.8 Å². The number of benzene rings is 2. The van der Waals surface area contributed by atoms with Gasteiger partial charge < -0.3 is 9.88 Å². The Balaban J connectivity index is 1.89. The number of carbonyl (C=O) groups is 1. The second-order valence-corrected chi connectivity index (χ2v) is 6.17. The van der Waals surface area contributed by atoms with Crippen LogP contribution in [-0.2, 0) is 6.54 Å². The van der Waals surface area contributed by atoms with E-state index in [0.717, 1.165) is 35.4 Å². The summed E-state index contributed by atoms with van der Waals surface area (Å²) in [4.78, 5) is 17.3. The van der Waals surface area contributed by atoms with E-state index in [4.69, 9.17) is 4.98 Å². The number of nitrogens with zero attached hydrogens (tertiary/aromatic N) is 2. The predicted molar refractivity (Wildman–Crippen MR) is 97.1 cm³/mol. The predicted octanol–water partition coefficient (Wildman–Crippen LogP) is 4.25. The van der Waals surface area contributed by atoms with Crippen LogP contribution < -0.4 is 5.32 Å². The van der Waals surface area contributed by atoms with Crippen LogP contribution in [0.1, 0.15) is 48.1 Å². The third kappa shape index (κ3) is 3.18. The van der Waals surface area contributed by atoms with Gasteiger partial charge in [-0.3, -0.25) is 4.79 Å². The third-order valence-corrected chi connectivity index (χ3v) is 4.15. The fourth-order valence-corrected chi connectivity index (χ4v) is 3.01. The highest BCUT2D eigenvalue weighted by atomic mass is 16.1. The minimum absolute atomic E-state index is 0.0682. The number of para-hydroxylation sites is 2. The number of hydrogen-bond acceptors (Lipinski definition) is 2. The minimum atomic E-state index is -0.156. The van der Waals surface area contributed by atoms with Crippen LogP contribution in [0.5, 0.6) is 0 Å².